The standard InChI is InChI=1S/C17H22N6O2S/c1-11(24)20-7-8-26-10-14-9-15(18)23-16(21-14)12-3-5-13(6-4-12)22-17(25)19-2/h3-6,9H,7-8,10H2,1-2H3,(H,20,24)(H2,18,21,23)(H2,19,22,25). The first kappa shape index (κ1) is 19.5. The number of hydrogen-bond donors (Lipinski definition) is 4. The fourth-order valence-electron chi connectivity index (χ4n) is 2.09. The molecule has 0 radical (unpaired) electrons. The fraction of sp³-hybridized carbons (Fsp3) is 0.294. The second-order valence-corrected chi connectivity index (χ2v) is 6.53. The molecule has 2 rings (SSSR count). The number of nitrogens with two attached hydrogens (primary N) is 1. The number of urea groups is 1. The van der Waals surface area contributed by atoms with Gasteiger partial charge in [-0.15, -0.1) is 0 Å². The summed E-state index contributed by atoms with van der Waals surface area (Å²) < 4.78 is 0. The predicted octanol–water partition coefficient (Wildman–Crippen LogP) is 1.85. The van der Waals surface area contributed by atoms with Gasteiger partial charge in [0, 0.05) is 49.3 Å². The van der Waals surface area contributed by atoms with Crippen LogP contribution in [0.1, 0.15) is 12.6 Å². The number of hydrogen-bond acceptors (Lipinski definition) is 6. The molecule has 0 aliphatic carbocycles. The van der Waals surface area contributed by atoms with Crippen molar-refractivity contribution in [2.24, 2.45) is 0 Å². The normalized spacial score (nSPS) is 10.2. The van der Waals surface area contributed by atoms with Gasteiger partial charge in [0.1, 0.15) is 5.82 Å². The van der Waals surface area contributed by atoms with Crippen LogP contribution < -0.4 is 21.7 Å². The number of nitrogens with one attached hydrogen (secondary N) is 3. The summed E-state index contributed by atoms with van der Waals surface area (Å²) in [6.45, 7) is 2.12. The van der Waals surface area contributed by atoms with E-state index in [-0.39, 0.29) is 11.9 Å². The maximum atomic E-state index is 11.3. The van der Waals surface area contributed by atoms with Crippen LogP contribution in [0.3, 0.4) is 0 Å². The summed E-state index contributed by atoms with van der Waals surface area (Å²) in [4.78, 5) is 31.0. The Hall–Kier alpha value is -2.81. The molecule has 0 aliphatic heterocycles. The molecule has 8 nitrogen and oxygen atoms in total. The van der Waals surface area contributed by atoms with Crippen LogP contribution in [0, 0.1) is 0 Å². The molecule has 0 unspecified atom stereocenters. The average molecular weight is 374 g/mol. The molecule has 2 aromatic rings. The lowest BCUT2D eigenvalue weighted by molar-refractivity contribution is -0.118. The third-order valence-electron chi connectivity index (χ3n) is 3.30. The lowest BCUT2D eigenvalue weighted by atomic mass is 10.2. The molecule has 138 valence electrons. The van der Waals surface area contributed by atoms with E-state index in [0.29, 0.717) is 29.6 Å². The molecular formula is C17H22N6O2S. The number of thioether (sulfide) groups is 1. The van der Waals surface area contributed by atoms with Gasteiger partial charge in [0.05, 0.1) is 5.69 Å². The van der Waals surface area contributed by atoms with Crippen LogP contribution >= 0.6 is 11.8 Å². The van der Waals surface area contributed by atoms with Gasteiger partial charge >= 0.3 is 6.03 Å². The highest BCUT2D eigenvalue weighted by molar-refractivity contribution is 7.98. The molecular weight excluding hydrogens is 352 g/mol. The second kappa shape index (κ2) is 9.62. The van der Waals surface area contributed by atoms with E-state index >= 15 is 0 Å². The molecule has 5 N–H and O–H groups in total. The van der Waals surface area contributed by atoms with Crippen LogP contribution in [-0.4, -0.2) is 41.3 Å². The molecule has 0 aliphatic rings. The van der Waals surface area contributed by atoms with Crippen LogP contribution in [0.2, 0.25) is 0 Å². The molecule has 1 aromatic heterocycles. The van der Waals surface area contributed by atoms with E-state index in [9.17, 15) is 9.59 Å². The minimum Gasteiger partial charge on any atom is -0.384 e. The molecule has 0 bridgehead atoms. The number of aromatic nitrogens is 2. The zero-order valence-corrected chi connectivity index (χ0v) is 15.5. The minimum absolute atomic E-state index is 0.0338. The quantitative estimate of drug-likeness (QED) is 0.549. The van der Waals surface area contributed by atoms with Crippen LogP contribution in [0.5, 0.6) is 0 Å². The maximum Gasteiger partial charge on any atom is 0.318 e. The van der Waals surface area contributed by atoms with Crippen molar-refractivity contribution >= 4 is 35.2 Å². The highest BCUT2D eigenvalue weighted by Crippen LogP contribution is 2.21. The van der Waals surface area contributed by atoms with Crippen LogP contribution in [-0.2, 0) is 10.5 Å². The first-order chi connectivity index (χ1) is 12.5. The maximum absolute atomic E-state index is 11.3. The van der Waals surface area contributed by atoms with Crippen molar-refractivity contribution in [1.29, 1.82) is 0 Å². The number of anilines is 2. The highest BCUT2D eigenvalue weighted by Gasteiger charge is 2.07. The van der Waals surface area contributed by atoms with E-state index < -0.39 is 0 Å². The zero-order chi connectivity index (χ0) is 18.9. The van der Waals surface area contributed by atoms with Crippen molar-refractivity contribution in [3.63, 3.8) is 0 Å². The number of rotatable bonds is 7. The molecule has 1 heterocycles. The SMILES string of the molecule is CNC(=O)Nc1ccc(-c2nc(N)cc(CSCCNC(C)=O)n2)cc1. The van der Waals surface area contributed by atoms with Crippen LogP contribution in [0.15, 0.2) is 30.3 Å². The van der Waals surface area contributed by atoms with E-state index in [2.05, 4.69) is 25.9 Å². The number of carbonyl (C=O) groups is 2. The molecule has 0 atom stereocenters. The van der Waals surface area contributed by atoms with Gasteiger partial charge in [-0.2, -0.15) is 11.8 Å². The van der Waals surface area contributed by atoms with Crippen molar-refractivity contribution < 1.29 is 9.59 Å². The van der Waals surface area contributed by atoms with Gasteiger partial charge < -0.3 is 21.7 Å². The fourth-order valence-corrected chi connectivity index (χ4v) is 2.84. The molecule has 0 fully saturated rings. The van der Waals surface area contributed by atoms with E-state index in [1.54, 1.807) is 37.0 Å². The minimum atomic E-state index is -0.281. The molecule has 26 heavy (non-hydrogen) atoms. The third-order valence-corrected chi connectivity index (χ3v) is 4.29. The third kappa shape index (κ3) is 6.25. The van der Waals surface area contributed by atoms with Crippen molar-refractivity contribution in [2.45, 2.75) is 12.7 Å². The Morgan fingerprint density at radius 3 is 2.58 bits per heavy atom. The van der Waals surface area contributed by atoms with Gasteiger partial charge in [0.15, 0.2) is 5.82 Å². The van der Waals surface area contributed by atoms with Gasteiger partial charge in [-0.3, -0.25) is 4.79 Å². The smallest absolute Gasteiger partial charge is 0.318 e. The van der Waals surface area contributed by atoms with Gasteiger partial charge in [0.25, 0.3) is 0 Å². The van der Waals surface area contributed by atoms with Crippen molar-refractivity contribution in [1.82, 2.24) is 20.6 Å². The van der Waals surface area contributed by atoms with Crippen molar-refractivity contribution in [3.8, 4) is 11.4 Å². The van der Waals surface area contributed by atoms with E-state index in [1.165, 1.54) is 6.92 Å². The average Bonchev–Trinajstić information content (AvgIpc) is 2.61. The van der Waals surface area contributed by atoms with Gasteiger partial charge in [-0.1, -0.05) is 0 Å². The number of amides is 3. The predicted molar refractivity (Wildman–Crippen MR) is 105 cm³/mol. The summed E-state index contributed by atoms with van der Waals surface area (Å²) in [6, 6.07) is 8.67. The molecule has 1 aromatic carbocycles. The summed E-state index contributed by atoms with van der Waals surface area (Å²) >= 11 is 1.66. The Morgan fingerprint density at radius 1 is 1.19 bits per heavy atom. The molecule has 3 amide bonds. The summed E-state index contributed by atoms with van der Waals surface area (Å²) in [7, 11) is 1.56. The van der Waals surface area contributed by atoms with Gasteiger partial charge in [0.2, 0.25) is 5.91 Å². The van der Waals surface area contributed by atoms with Crippen LogP contribution in [0.25, 0.3) is 11.4 Å². The first-order valence-corrected chi connectivity index (χ1v) is 9.18. The van der Waals surface area contributed by atoms with E-state index in [4.69, 9.17) is 5.73 Å². The topological polar surface area (TPSA) is 122 Å². The highest BCUT2D eigenvalue weighted by atomic mass is 32.2. The zero-order valence-electron chi connectivity index (χ0n) is 14.7. The molecule has 0 spiro atoms. The van der Waals surface area contributed by atoms with Gasteiger partial charge in [-0.25, -0.2) is 14.8 Å². The Morgan fingerprint density at radius 2 is 1.92 bits per heavy atom. The molecule has 9 heteroatoms. The van der Waals surface area contributed by atoms with Crippen LogP contribution in [0.4, 0.5) is 16.3 Å². The number of carbonyl (C=O) groups excluding carboxylic acids is 2. The van der Waals surface area contributed by atoms with Crippen molar-refractivity contribution in [2.75, 3.05) is 30.4 Å². The Kier molecular flexibility index (Phi) is 7.22. The number of benzene rings is 1. The van der Waals surface area contributed by atoms with Crippen molar-refractivity contribution in [3.05, 3.63) is 36.0 Å². The lowest BCUT2D eigenvalue weighted by Crippen LogP contribution is -2.24. The molecule has 0 saturated carbocycles. The summed E-state index contributed by atoms with van der Waals surface area (Å²) in [5.41, 5.74) is 8.21. The van der Waals surface area contributed by atoms with Gasteiger partial charge in [-0.05, 0) is 24.3 Å². The largest absolute Gasteiger partial charge is 0.384 e. The first-order valence-electron chi connectivity index (χ1n) is 8.02. The van der Waals surface area contributed by atoms with E-state index in [0.717, 1.165) is 17.0 Å². The Balaban J connectivity index is 2.01. The monoisotopic (exact) mass is 374 g/mol. The molecule has 0 saturated heterocycles. The Bertz CT molecular complexity index is 766. The summed E-state index contributed by atoms with van der Waals surface area (Å²) in [5.74, 6) is 2.37. The summed E-state index contributed by atoms with van der Waals surface area (Å²) in [6.07, 6.45) is 0. The summed E-state index contributed by atoms with van der Waals surface area (Å²) in [5, 5.41) is 7.94. The lowest BCUT2D eigenvalue weighted by Gasteiger charge is -2.08. The van der Waals surface area contributed by atoms with E-state index in [1.807, 2.05) is 12.1 Å². The Labute approximate surface area is 156 Å². The second-order valence-electron chi connectivity index (χ2n) is 5.42. The number of nitrogen functional groups attached to an aromatic ring is 1. The number of nitrogens with zero attached hydrogens (tertiary/aromatic N) is 2.